The fourth-order valence-corrected chi connectivity index (χ4v) is 3.94. The van der Waals surface area contributed by atoms with Crippen LogP contribution >= 0.6 is 22.6 Å². The highest BCUT2D eigenvalue weighted by Gasteiger charge is 2.40. The van der Waals surface area contributed by atoms with E-state index in [2.05, 4.69) is 38.2 Å². The Kier molecular flexibility index (Phi) is 4.94. The summed E-state index contributed by atoms with van der Waals surface area (Å²) in [6.07, 6.45) is 4.38. The SMILES string of the molecule is O=C1CCC(N2Cc3c(cccc3-n3cc(CCCI)nn3)C2=O)C(=O)N1. The van der Waals surface area contributed by atoms with Crippen molar-refractivity contribution in [1.29, 1.82) is 0 Å². The van der Waals surface area contributed by atoms with Gasteiger partial charge >= 0.3 is 0 Å². The van der Waals surface area contributed by atoms with Crippen LogP contribution in [0, 0.1) is 0 Å². The smallest absolute Gasteiger partial charge is 0.255 e. The Morgan fingerprint density at radius 2 is 2.11 bits per heavy atom. The van der Waals surface area contributed by atoms with E-state index < -0.39 is 11.9 Å². The van der Waals surface area contributed by atoms with E-state index in [0.29, 0.717) is 18.5 Å². The fourth-order valence-electron chi connectivity index (χ4n) is 3.56. The Hall–Kier alpha value is -2.30. The molecule has 1 saturated heterocycles. The zero-order chi connectivity index (χ0) is 19.0. The Labute approximate surface area is 169 Å². The molecule has 0 aliphatic carbocycles. The molecule has 2 aromatic rings. The van der Waals surface area contributed by atoms with Crippen LogP contribution < -0.4 is 5.32 Å². The summed E-state index contributed by atoms with van der Waals surface area (Å²) in [7, 11) is 0. The minimum absolute atomic E-state index is 0.188. The quantitative estimate of drug-likeness (QED) is 0.398. The maximum atomic E-state index is 12.9. The van der Waals surface area contributed by atoms with Gasteiger partial charge in [0.2, 0.25) is 11.8 Å². The number of fused-ring (bicyclic) bond motifs is 1. The van der Waals surface area contributed by atoms with Crippen LogP contribution in [0.5, 0.6) is 0 Å². The number of benzene rings is 1. The van der Waals surface area contributed by atoms with E-state index in [4.69, 9.17) is 0 Å². The van der Waals surface area contributed by atoms with Crippen LogP contribution in [0.25, 0.3) is 5.69 Å². The van der Waals surface area contributed by atoms with E-state index in [1.165, 1.54) is 0 Å². The van der Waals surface area contributed by atoms with Crippen LogP contribution in [0.3, 0.4) is 0 Å². The zero-order valence-corrected chi connectivity index (χ0v) is 16.7. The molecule has 0 spiro atoms. The van der Waals surface area contributed by atoms with Crippen molar-refractivity contribution in [3.05, 3.63) is 41.2 Å². The number of carbonyl (C=O) groups excluding carboxylic acids is 3. The van der Waals surface area contributed by atoms with Gasteiger partial charge in [0.15, 0.2) is 0 Å². The molecule has 0 bridgehead atoms. The highest BCUT2D eigenvalue weighted by Crippen LogP contribution is 2.31. The number of carbonyl (C=O) groups is 3. The number of nitrogens with zero attached hydrogens (tertiary/aromatic N) is 4. The third-order valence-electron chi connectivity index (χ3n) is 4.91. The van der Waals surface area contributed by atoms with Gasteiger partial charge in [0.1, 0.15) is 6.04 Å². The average Bonchev–Trinajstić information content (AvgIpc) is 3.25. The first-order valence-corrected chi connectivity index (χ1v) is 10.3. The van der Waals surface area contributed by atoms with E-state index in [1.807, 2.05) is 18.3 Å². The van der Waals surface area contributed by atoms with Crippen molar-refractivity contribution >= 4 is 40.3 Å². The maximum Gasteiger partial charge on any atom is 0.255 e. The number of hydrogen-bond donors (Lipinski definition) is 1. The number of nitrogens with one attached hydrogen (secondary N) is 1. The topological polar surface area (TPSA) is 97.2 Å². The highest BCUT2D eigenvalue weighted by molar-refractivity contribution is 14.1. The van der Waals surface area contributed by atoms with Crippen LogP contribution in [0.4, 0.5) is 0 Å². The lowest BCUT2D eigenvalue weighted by Crippen LogP contribution is -2.52. The molecule has 2 aliphatic heterocycles. The lowest BCUT2D eigenvalue weighted by molar-refractivity contribution is -0.136. The Morgan fingerprint density at radius 1 is 1.26 bits per heavy atom. The first-order chi connectivity index (χ1) is 13.1. The standard InChI is InChI=1S/C18H18IN5O3/c19-8-2-3-11-9-24(22-21-11)14-5-1-4-12-13(14)10-23(18(12)27)15-6-7-16(25)20-17(15)26/h1,4-5,9,15H,2-3,6-8,10H2,(H,20,25,26). The molecule has 1 aromatic carbocycles. The lowest BCUT2D eigenvalue weighted by atomic mass is 10.0. The molecule has 1 unspecified atom stereocenters. The summed E-state index contributed by atoms with van der Waals surface area (Å²) in [6, 6.07) is 4.86. The molecular weight excluding hydrogens is 461 g/mol. The Balaban J connectivity index is 1.62. The first kappa shape index (κ1) is 18.1. The van der Waals surface area contributed by atoms with Gasteiger partial charge in [0.05, 0.1) is 17.6 Å². The largest absolute Gasteiger partial charge is 0.322 e. The van der Waals surface area contributed by atoms with Crippen molar-refractivity contribution in [3.8, 4) is 5.69 Å². The Bertz CT molecular complexity index is 925. The maximum absolute atomic E-state index is 12.9. The minimum Gasteiger partial charge on any atom is -0.322 e. The first-order valence-electron chi connectivity index (χ1n) is 8.82. The normalized spacial score (nSPS) is 19.4. The molecule has 9 heteroatoms. The van der Waals surface area contributed by atoms with Crippen molar-refractivity contribution in [2.75, 3.05) is 4.43 Å². The second kappa shape index (κ2) is 7.37. The van der Waals surface area contributed by atoms with Crippen molar-refractivity contribution < 1.29 is 14.4 Å². The van der Waals surface area contributed by atoms with Gasteiger partial charge in [0, 0.05) is 24.1 Å². The van der Waals surface area contributed by atoms with E-state index >= 15 is 0 Å². The Morgan fingerprint density at radius 3 is 2.89 bits per heavy atom. The lowest BCUT2D eigenvalue weighted by Gasteiger charge is -2.29. The summed E-state index contributed by atoms with van der Waals surface area (Å²) in [5, 5.41) is 10.8. The monoisotopic (exact) mass is 479 g/mol. The molecule has 140 valence electrons. The summed E-state index contributed by atoms with van der Waals surface area (Å²) in [5.41, 5.74) is 3.11. The van der Waals surface area contributed by atoms with Crippen molar-refractivity contribution in [2.24, 2.45) is 0 Å². The number of halogens is 1. The van der Waals surface area contributed by atoms with Crippen molar-refractivity contribution in [3.63, 3.8) is 0 Å². The summed E-state index contributed by atoms with van der Waals surface area (Å²) in [6.45, 7) is 0.319. The number of alkyl halides is 1. The van der Waals surface area contributed by atoms with Gasteiger partial charge in [-0.1, -0.05) is 33.9 Å². The highest BCUT2D eigenvalue weighted by atomic mass is 127. The molecule has 4 rings (SSSR count). The third kappa shape index (κ3) is 3.35. The predicted octanol–water partition coefficient (Wildman–Crippen LogP) is 1.40. The number of amides is 3. The number of piperidine rings is 1. The molecule has 1 N–H and O–H groups in total. The van der Waals surface area contributed by atoms with E-state index in [0.717, 1.165) is 34.2 Å². The van der Waals surface area contributed by atoms with Crippen LogP contribution in [0.2, 0.25) is 0 Å². The minimum atomic E-state index is -0.620. The van der Waals surface area contributed by atoms with Gasteiger partial charge in [0.25, 0.3) is 5.91 Å². The summed E-state index contributed by atoms with van der Waals surface area (Å²) in [4.78, 5) is 38.0. The molecular formula is C18H18IN5O3. The second-order valence-corrected chi connectivity index (χ2v) is 7.73. The van der Waals surface area contributed by atoms with Gasteiger partial charge in [-0.15, -0.1) is 5.10 Å². The number of imide groups is 1. The molecule has 0 radical (unpaired) electrons. The van der Waals surface area contributed by atoms with Gasteiger partial charge in [-0.3, -0.25) is 19.7 Å². The third-order valence-corrected chi connectivity index (χ3v) is 5.67. The van der Waals surface area contributed by atoms with Gasteiger partial charge in [-0.05, 0) is 35.8 Å². The van der Waals surface area contributed by atoms with Crippen molar-refractivity contribution in [1.82, 2.24) is 25.2 Å². The predicted molar refractivity (Wildman–Crippen MR) is 105 cm³/mol. The van der Waals surface area contributed by atoms with E-state index in [1.54, 1.807) is 15.6 Å². The van der Waals surface area contributed by atoms with E-state index in [-0.39, 0.29) is 18.2 Å². The van der Waals surface area contributed by atoms with Gasteiger partial charge < -0.3 is 4.90 Å². The van der Waals surface area contributed by atoms with Crippen molar-refractivity contribution in [2.45, 2.75) is 38.3 Å². The number of aromatic nitrogens is 3. The molecule has 8 nitrogen and oxygen atoms in total. The molecule has 0 saturated carbocycles. The number of aryl methyl sites for hydroxylation is 1. The fraction of sp³-hybridized carbons (Fsp3) is 0.389. The summed E-state index contributed by atoms with van der Waals surface area (Å²) >= 11 is 2.33. The van der Waals surface area contributed by atoms with Crippen LogP contribution in [0.1, 0.15) is 40.9 Å². The van der Waals surface area contributed by atoms with Gasteiger partial charge in [-0.2, -0.15) is 0 Å². The van der Waals surface area contributed by atoms with Gasteiger partial charge in [-0.25, -0.2) is 4.68 Å². The molecule has 3 heterocycles. The molecule has 1 atom stereocenters. The number of hydrogen-bond acceptors (Lipinski definition) is 5. The molecule has 2 aliphatic rings. The van der Waals surface area contributed by atoms with Crippen LogP contribution in [0.15, 0.2) is 24.4 Å². The van der Waals surface area contributed by atoms with Crippen LogP contribution in [-0.2, 0) is 22.6 Å². The zero-order valence-electron chi connectivity index (χ0n) is 14.5. The molecule has 1 fully saturated rings. The summed E-state index contributed by atoms with van der Waals surface area (Å²) in [5.74, 6) is -0.884. The number of rotatable bonds is 5. The second-order valence-electron chi connectivity index (χ2n) is 6.65. The average molecular weight is 479 g/mol. The van der Waals surface area contributed by atoms with E-state index in [9.17, 15) is 14.4 Å². The molecule has 3 amide bonds. The van der Waals surface area contributed by atoms with Crippen LogP contribution in [-0.4, -0.2) is 48.1 Å². The summed E-state index contributed by atoms with van der Waals surface area (Å²) < 4.78 is 2.75. The molecule has 1 aromatic heterocycles. The molecule has 27 heavy (non-hydrogen) atoms.